The Balaban J connectivity index is 2.94. The highest BCUT2D eigenvalue weighted by Crippen LogP contribution is 2.18. The number of aryl methyl sites for hydroxylation is 2. The lowest BCUT2D eigenvalue weighted by Crippen LogP contribution is -1.95. The van der Waals surface area contributed by atoms with Gasteiger partial charge in [-0.25, -0.2) is 4.98 Å². The largest absolute Gasteiger partial charge is 0.293 e. The average Bonchev–Trinajstić information content (AvgIpc) is 2.30. The van der Waals surface area contributed by atoms with Crippen LogP contribution in [0.4, 0.5) is 0 Å². The zero-order chi connectivity index (χ0) is 9.14. The van der Waals surface area contributed by atoms with Crippen molar-refractivity contribution in [3.63, 3.8) is 0 Å². The topological polar surface area (TPSA) is 30.0 Å². The lowest BCUT2D eigenvalue weighted by Gasteiger charge is -1.91. The Morgan fingerprint density at radius 3 is 2.75 bits per heavy atom. The van der Waals surface area contributed by atoms with E-state index in [1.165, 1.54) is 11.3 Å². The SMILES string of the molecule is C=CCC(=O)c1sc(C)nc1C. The first-order valence-corrected chi connectivity index (χ1v) is 4.55. The van der Waals surface area contributed by atoms with Crippen molar-refractivity contribution < 1.29 is 4.79 Å². The molecule has 0 aliphatic rings. The average molecular weight is 181 g/mol. The minimum absolute atomic E-state index is 0.119. The first-order valence-electron chi connectivity index (χ1n) is 3.73. The van der Waals surface area contributed by atoms with Gasteiger partial charge in [0, 0.05) is 6.42 Å². The van der Waals surface area contributed by atoms with Crippen molar-refractivity contribution in [1.82, 2.24) is 4.98 Å². The van der Waals surface area contributed by atoms with Crippen molar-refractivity contribution in [2.45, 2.75) is 20.3 Å². The first kappa shape index (κ1) is 9.13. The molecule has 0 atom stereocenters. The van der Waals surface area contributed by atoms with Gasteiger partial charge in [0.15, 0.2) is 5.78 Å². The molecule has 2 nitrogen and oxygen atoms in total. The molecule has 0 aromatic carbocycles. The van der Waals surface area contributed by atoms with Gasteiger partial charge in [0.2, 0.25) is 0 Å². The number of carbonyl (C=O) groups is 1. The highest BCUT2D eigenvalue weighted by Gasteiger charge is 2.11. The summed E-state index contributed by atoms with van der Waals surface area (Å²) in [4.78, 5) is 16.3. The van der Waals surface area contributed by atoms with Crippen molar-refractivity contribution in [2.24, 2.45) is 0 Å². The fourth-order valence-electron chi connectivity index (χ4n) is 1.01. The summed E-state index contributed by atoms with van der Waals surface area (Å²) in [6.45, 7) is 7.29. The molecule has 0 radical (unpaired) electrons. The second-order valence-corrected chi connectivity index (χ2v) is 3.77. The molecule has 1 aromatic rings. The Labute approximate surface area is 76.0 Å². The van der Waals surface area contributed by atoms with E-state index >= 15 is 0 Å². The quantitative estimate of drug-likeness (QED) is 0.529. The maximum Gasteiger partial charge on any atom is 0.178 e. The molecule has 0 fully saturated rings. The van der Waals surface area contributed by atoms with Crippen LogP contribution in [0.5, 0.6) is 0 Å². The summed E-state index contributed by atoms with van der Waals surface area (Å²) in [5.41, 5.74) is 0.837. The van der Waals surface area contributed by atoms with E-state index in [0.717, 1.165) is 15.6 Å². The molecule has 12 heavy (non-hydrogen) atoms. The fraction of sp³-hybridized carbons (Fsp3) is 0.333. The normalized spacial score (nSPS) is 9.83. The van der Waals surface area contributed by atoms with Crippen LogP contribution in [0.2, 0.25) is 0 Å². The molecular weight excluding hydrogens is 170 g/mol. The molecule has 1 heterocycles. The van der Waals surface area contributed by atoms with Gasteiger partial charge < -0.3 is 0 Å². The van der Waals surface area contributed by atoms with Crippen LogP contribution >= 0.6 is 11.3 Å². The van der Waals surface area contributed by atoms with Gasteiger partial charge in [-0.2, -0.15) is 0 Å². The Hall–Kier alpha value is -0.960. The van der Waals surface area contributed by atoms with E-state index in [4.69, 9.17) is 0 Å². The van der Waals surface area contributed by atoms with Gasteiger partial charge >= 0.3 is 0 Å². The predicted molar refractivity (Wildman–Crippen MR) is 50.7 cm³/mol. The van der Waals surface area contributed by atoms with Crippen LogP contribution in [0.3, 0.4) is 0 Å². The fourth-order valence-corrected chi connectivity index (χ4v) is 1.88. The van der Waals surface area contributed by atoms with Crippen molar-refractivity contribution in [3.05, 3.63) is 28.2 Å². The van der Waals surface area contributed by atoms with E-state index in [1.54, 1.807) is 6.08 Å². The minimum atomic E-state index is 0.119. The van der Waals surface area contributed by atoms with Crippen molar-refractivity contribution in [2.75, 3.05) is 0 Å². The van der Waals surface area contributed by atoms with E-state index in [2.05, 4.69) is 11.6 Å². The number of ketones is 1. The number of hydrogen-bond donors (Lipinski definition) is 0. The Kier molecular flexibility index (Phi) is 2.76. The van der Waals surface area contributed by atoms with Gasteiger partial charge in [0.05, 0.1) is 15.6 Å². The van der Waals surface area contributed by atoms with Crippen LogP contribution in [0.1, 0.15) is 26.8 Å². The number of rotatable bonds is 3. The summed E-state index contributed by atoms with van der Waals surface area (Å²) in [6, 6.07) is 0. The van der Waals surface area contributed by atoms with Crippen LogP contribution in [0, 0.1) is 13.8 Å². The van der Waals surface area contributed by atoms with Gasteiger partial charge in [-0.1, -0.05) is 6.08 Å². The third-order valence-corrected chi connectivity index (χ3v) is 2.60. The number of hydrogen-bond acceptors (Lipinski definition) is 3. The summed E-state index contributed by atoms with van der Waals surface area (Å²) < 4.78 is 0. The summed E-state index contributed by atoms with van der Waals surface area (Å²) in [7, 11) is 0. The van der Waals surface area contributed by atoms with E-state index < -0.39 is 0 Å². The Morgan fingerprint density at radius 1 is 1.67 bits per heavy atom. The van der Waals surface area contributed by atoms with Crippen LogP contribution in [-0.4, -0.2) is 10.8 Å². The molecule has 0 spiro atoms. The molecule has 0 saturated heterocycles. The molecule has 0 N–H and O–H groups in total. The number of nitrogens with zero attached hydrogens (tertiary/aromatic N) is 1. The standard InChI is InChI=1S/C9H11NOS/c1-4-5-8(11)9-6(2)10-7(3)12-9/h4H,1,5H2,2-3H3. The smallest absolute Gasteiger partial charge is 0.178 e. The molecule has 64 valence electrons. The lowest BCUT2D eigenvalue weighted by molar-refractivity contribution is 0.0999. The molecule has 1 rings (SSSR count). The predicted octanol–water partition coefficient (Wildman–Crippen LogP) is 2.52. The van der Waals surface area contributed by atoms with Crippen molar-refractivity contribution >= 4 is 17.1 Å². The minimum Gasteiger partial charge on any atom is -0.293 e. The van der Waals surface area contributed by atoms with Gasteiger partial charge in [0.25, 0.3) is 0 Å². The molecule has 0 bridgehead atoms. The Bertz CT molecular complexity index is 314. The number of aromatic nitrogens is 1. The highest BCUT2D eigenvalue weighted by molar-refractivity contribution is 7.13. The Morgan fingerprint density at radius 2 is 2.33 bits per heavy atom. The second kappa shape index (κ2) is 3.63. The molecule has 0 aliphatic heterocycles. The van der Waals surface area contributed by atoms with Crippen LogP contribution in [-0.2, 0) is 0 Å². The molecule has 1 aromatic heterocycles. The van der Waals surface area contributed by atoms with E-state index in [9.17, 15) is 4.79 Å². The molecule has 0 unspecified atom stereocenters. The van der Waals surface area contributed by atoms with E-state index in [-0.39, 0.29) is 5.78 Å². The molecule has 0 saturated carbocycles. The van der Waals surface area contributed by atoms with Crippen molar-refractivity contribution in [3.8, 4) is 0 Å². The van der Waals surface area contributed by atoms with Crippen LogP contribution < -0.4 is 0 Å². The van der Waals surface area contributed by atoms with Gasteiger partial charge in [-0.3, -0.25) is 4.79 Å². The number of carbonyl (C=O) groups excluding carboxylic acids is 1. The maximum absolute atomic E-state index is 11.4. The number of allylic oxidation sites excluding steroid dienone is 1. The van der Waals surface area contributed by atoms with Gasteiger partial charge in [-0.05, 0) is 13.8 Å². The van der Waals surface area contributed by atoms with Gasteiger partial charge in [-0.15, -0.1) is 17.9 Å². The molecule has 0 amide bonds. The molecule has 0 aliphatic carbocycles. The first-order chi connectivity index (χ1) is 5.65. The zero-order valence-corrected chi connectivity index (χ0v) is 8.07. The van der Waals surface area contributed by atoms with Crippen LogP contribution in [0.15, 0.2) is 12.7 Å². The molecule has 3 heteroatoms. The zero-order valence-electron chi connectivity index (χ0n) is 7.26. The summed E-state index contributed by atoms with van der Waals surface area (Å²) in [5.74, 6) is 0.119. The van der Waals surface area contributed by atoms with Gasteiger partial charge in [0.1, 0.15) is 0 Å². The molecular formula is C9H11NOS. The van der Waals surface area contributed by atoms with Crippen molar-refractivity contribution in [1.29, 1.82) is 0 Å². The number of Topliss-reactive ketones (excluding diaryl/α,β-unsaturated/α-hetero) is 1. The lowest BCUT2D eigenvalue weighted by atomic mass is 10.2. The third kappa shape index (κ3) is 1.80. The summed E-state index contributed by atoms with van der Waals surface area (Å²) in [6.07, 6.45) is 2.03. The summed E-state index contributed by atoms with van der Waals surface area (Å²) in [5, 5.41) is 0.944. The second-order valence-electron chi connectivity index (χ2n) is 2.56. The number of thiazole rings is 1. The summed E-state index contributed by atoms with van der Waals surface area (Å²) >= 11 is 1.45. The highest BCUT2D eigenvalue weighted by atomic mass is 32.1. The van der Waals surface area contributed by atoms with E-state index in [1.807, 2.05) is 13.8 Å². The van der Waals surface area contributed by atoms with Crippen LogP contribution in [0.25, 0.3) is 0 Å². The maximum atomic E-state index is 11.4. The monoisotopic (exact) mass is 181 g/mol. The third-order valence-electron chi connectivity index (χ3n) is 1.49. The van der Waals surface area contributed by atoms with E-state index in [0.29, 0.717) is 6.42 Å².